The number of benzene rings is 2. The number of fused-ring (bicyclic) bond motifs is 2. The highest BCUT2D eigenvalue weighted by atomic mass is 32.2. The fraction of sp³-hybridized carbons (Fsp3) is 0.211. The van der Waals surface area contributed by atoms with Crippen LogP contribution in [-0.2, 0) is 14.9 Å². The highest BCUT2D eigenvalue weighted by molar-refractivity contribution is 7.87. The Hall–Kier alpha value is -2.84. The van der Waals surface area contributed by atoms with Crippen molar-refractivity contribution in [2.45, 2.75) is 25.0 Å². The minimum atomic E-state index is -4.60. The molecule has 2 aromatic rings. The van der Waals surface area contributed by atoms with Gasteiger partial charge in [-0.3, -0.25) is 18.9 Å². The molecule has 1 atom stereocenters. The maximum absolute atomic E-state index is 12.9. The van der Waals surface area contributed by atoms with Gasteiger partial charge in [-0.05, 0) is 12.5 Å². The van der Waals surface area contributed by atoms with Crippen LogP contribution < -0.4 is 5.32 Å². The fourth-order valence-corrected chi connectivity index (χ4v) is 4.00. The van der Waals surface area contributed by atoms with E-state index >= 15 is 0 Å². The lowest BCUT2D eigenvalue weighted by atomic mass is 9.83. The Labute approximate surface area is 156 Å². The highest BCUT2D eigenvalue weighted by Gasteiger charge is 2.34. The number of carbonyl (C=O) groups excluding carboxylic acids is 3. The number of rotatable bonds is 5. The maximum atomic E-state index is 12.9. The van der Waals surface area contributed by atoms with Crippen molar-refractivity contribution >= 4 is 33.3 Å². The highest BCUT2D eigenvalue weighted by Crippen LogP contribution is 2.32. The Morgan fingerprint density at radius 3 is 2.19 bits per heavy atom. The first-order chi connectivity index (χ1) is 12.8. The molecule has 0 bridgehead atoms. The topological polar surface area (TPSA) is 118 Å². The lowest BCUT2D eigenvalue weighted by molar-refractivity contribution is -0.116. The zero-order chi connectivity index (χ0) is 19.8. The Morgan fingerprint density at radius 1 is 1.00 bits per heavy atom. The number of carbonyl (C=O) groups is 3. The van der Waals surface area contributed by atoms with E-state index in [1.54, 1.807) is 25.1 Å². The summed E-state index contributed by atoms with van der Waals surface area (Å²) in [4.78, 5) is 38.0. The molecule has 0 saturated heterocycles. The third-order valence-corrected chi connectivity index (χ3v) is 5.58. The van der Waals surface area contributed by atoms with E-state index in [1.807, 2.05) is 0 Å². The second-order valence-corrected chi connectivity index (χ2v) is 7.81. The second kappa shape index (κ2) is 7.05. The molecule has 0 aromatic heterocycles. The molecule has 7 nitrogen and oxygen atoms in total. The van der Waals surface area contributed by atoms with Gasteiger partial charge in [-0.2, -0.15) is 8.42 Å². The summed E-state index contributed by atoms with van der Waals surface area (Å²) in [6.45, 7) is 1.68. The largest absolute Gasteiger partial charge is 0.324 e. The Bertz CT molecular complexity index is 1060. The lowest BCUT2D eigenvalue weighted by Crippen LogP contribution is -2.35. The number of hydrogen-bond acceptors (Lipinski definition) is 5. The van der Waals surface area contributed by atoms with Gasteiger partial charge in [0, 0.05) is 16.7 Å². The molecular formula is C19H17NO6S. The second-order valence-electron chi connectivity index (χ2n) is 6.21. The smallest absolute Gasteiger partial charge is 0.276 e. The standard InChI is InChI=1S/C19H17NO6S/c1-2-6-15(27(24,25)26)19(23)20-14-10-5-9-13-16(14)18(22)12-8-4-3-7-11(12)17(13)21/h3-5,7-10,15H,2,6H2,1H3,(H,20,23)(H,24,25,26). The minimum absolute atomic E-state index is 0.0140. The molecule has 1 unspecified atom stereocenters. The van der Waals surface area contributed by atoms with Gasteiger partial charge in [-0.25, -0.2) is 0 Å². The molecule has 0 spiro atoms. The molecule has 0 heterocycles. The molecule has 1 aliphatic rings. The molecule has 27 heavy (non-hydrogen) atoms. The number of anilines is 1. The Morgan fingerprint density at radius 2 is 1.59 bits per heavy atom. The van der Waals surface area contributed by atoms with E-state index in [-0.39, 0.29) is 40.1 Å². The predicted octanol–water partition coefficient (Wildman–Crippen LogP) is 2.46. The molecule has 3 rings (SSSR count). The van der Waals surface area contributed by atoms with E-state index in [9.17, 15) is 27.4 Å². The van der Waals surface area contributed by atoms with Gasteiger partial charge in [0.25, 0.3) is 10.1 Å². The first-order valence-corrected chi connectivity index (χ1v) is 9.84. The van der Waals surface area contributed by atoms with Crippen LogP contribution in [0.2, 0.25) is 0 Å². The van der Waals surface area contributed by atoms with Crippen molar-refractivity contribution in [1.29, 1.82) is 0 Å². The van der Waals surface area contributed by atoms with Crippen molar-refractivity contribution in [3.05, 3.63) is 64.7 Å². The SMILES string of the molecule is CCCC(C(=O)Nc1cccc2c1C(=O)c1ccccc1C2=O)S(=O)(=O)O. The molecule has 8 heteroatoms. The number of nitrogens with one attached hydrogen (secondary N) is 1. The maximum Gasteiger partial charge on any atom is 0.276 e. The van der Waals surface area contributed by atoms with Gasteiger partial charge in [0.1, 0.15) is 0 Å². The van der Waals surface area contributed by atoms with Crippen LogP contribution in [-0.4, -0.2) is 35.7 Å². The molecular weight excluding hydrogens is 370 g/mol. The van der Waals surface area contributed by atoms with E-state index in [1.165, 1.54) is 24.3 Å². The van der Waals surface area contributed by atoms with Gasteiger partial charge >= 0.3 is 0 Å². The van der Waals surface area contributed by atoms with Crippen LogP contribution in [0.15, 0.2) is 42.5 Å². The first kappa shape index (κ1) is 18.9. The van der Waals surface area contributed by atoms with Crippen LogP contribution in [0.1, 0.15) is 51.6 Å². The molecule has 0 radical (unpaired) electrons. The summed E-state index contributed by atoms with van der Waals surface area (Å²) in [6.07, 6.45) is 0.283. The van der Waals surface area contributed by atoms with Crippen LogP contribution in [0, 0.1) is 0 Å². The molecule has 0 saturated carbocycles. The summed E-state index contributed by atoms with van der Waals surface area (Å²) in [7, 11) is -4.60. The summed E-state index contributed by atoms with van der Waals surface area (Å²) in [6, 6.07) is 10.8. The summed E-state index contributed by atoms with van der Waals surface area (Å²) < 4.78 is 32.3. The zero-order valence-corrected chi connectivity index (χ0v) is 15.2. The van der Waals surface area contributed by atoms with E-state index in [2.05, 4.69) is 5.32 Å². The minimum Gasteiger partial charge on any atom is -0.324 e. The van der Waals surface area contributed by atoms with Gasteiger partial charge in [-0.1, -0.05) is 49.7 Å². The zero-order valence-electron chi connectivity index (χ0n) is 14.4. The number of ketones is 2. The van der Waals surface area contributed by atoms with Crippen molar-refractivity contribution in [3.63, 3.8) is 0 Å². The van der Waals surface area contributed by atoms with E-state index in [4.69, 9.17) is 0 Å². The van der Waals surface area contributed by atoms with Gasteiger partial charge in [0.05, 0.1) is 11.3 Å². The van der Waals surface area contributed by atoms with Gasteiger partial charge in [0.15, 0.2) is 16.8 Å². The first-order valence-electron chi connectivity index (χ1n) is 8.34. The third-order valence-electron chi connectivity index (χ3n) is 4.41. The van der Waals surface area contributed by atoms with E-state index in [0.717, 1.165) is 0 Å². The molecule has 140 valence electrons. The summed E-state index contributed by atoms with van der Waals surface area (Å²) in [5.41, 5.74) is 0.683. The third kappa shape index (κ3) is 3.41. The van der Waals surface area contributed by atoms with E-state index in [0.29, 0.717) is 6.42 Å². The monoisotopic (exact) mass is 387 g/mol. The van der Waals surface area contributed by atoms with Crippen molar-refractivity contribution in [2.75, 3.05) is 5.32 Å². The van der Waals surface area contributed by atoms with Crippen molar-refractivity contribution in [2.24, 2.45) is 0 Å². The molecule has 0 fully saturated rings. The average molecular weight is 387 g/mol. The van der Waals surface area contributed by atoms with Crippen LogP contribution >= 0.6 is 0 Å². The molecule has 1 amide bonds. The molecule has 2 N–H and O–H groups in total. The average Bonchev–Trinajstić information content (AvgIpc) is 2.63. The van der Waals surface area contributed by atoms with Crippen molar-refractivity contribution in [3.8, 4) is 0 Å². The Kier molecular flexibility index (Phi) is 4.95. The van der Waals surface area contributed by atoms with Crippen LogP contribution in [0.3, 0.4) is 0 Å². The van der Waals surface area contributed by atoms with Crippen LogP contribution in [0.5, 0.6) is 0 Å². The van der Waals surface area contributed by atoms with E-state index < -0.39 is 27.1 Å². The predicted molar refractivity (Wildman–Crippen MR) is 98.6 cm³/mol. The normalized spacial score (nSPS) is 14.3. The van der Waals surface area contributed by atoms with Crippen LogP contribution in [0.25, 0.3) is 0 Å². The van der Waals surface area contributed by atoms with Crippen molar-refractivity contribution in [1.82, 2.24) is 0 Å². The van der Waals surface area contributed by atoms with Gasteiger partial charge < -0.3 is 5.32 Å². The van der Waals surface area contributed by atoms with Gasteiger partial charge in [0.2, 0.25) is 5.91 Å². The van der Waals surface area contributed by atoms with Crippen LogP contribution in [0.4, 0.5) is 5.69 Å². The fourth-order valence-electron chi connectivity index (χ4n) is 3.14. The summed E-state index contributed by atoms with van der Waals surface area (Å²) in [5.74, 6) is -1.74. The Balaban J connectivity index is 2.04. The number of amides is 1. The summed E-state index contributed by atoms with van der Waals surface area (Å²) >= 11 is 0. The summed E-state index contributed by atoms with van der Waals surface area (Å²) in [5, 5.41) is 0.739. The number of hydrogen-bond donors (Lipinski definition) is 2. The quantitative estimate of drug-likeness (QED) is 0.650. The molecule has 0 aliphatic heterocycles. The van der Waals surface area contributed by atoms with Gasteiger partial charge in [-0.15, -0.1) is 0 Å². The van der Waals surface area contributed by atoms with Crippen molar-refractivity contribution < 1.29 is 27.4 Å². The molecule has 2 aromatic carbocycles. The lowest BCUT2D eigenvalue weighted by Gasteiger charge is -2.21. The molecule has 1 aliphatic carbocycles.